The van der Waals surface area contributed by atoms with Gasteiger partial charge < -0.3 is 10.4 Å². The van der Waals surface area contributed by atoms with E-state index in [0.29, 0.717) is 25.1 Å². The first-order chi connectivity index (χ1) is 12.6. The van der Waals surface area contributed by atoms with Gasteiger partial charge in [0.2, 0.25) is 0 Å². The van der Waals surface area contributed by atoms with Crippen molar-refractivity contribution in [2.45, 2.75) is 43.7 Å². The third-order valence-electron chi connectivity index (χ3n) is 4.24. The Morgan fingerprint density at radius 1 is 1.22 bits per heavy atom. The average molecular weight is 455 g/mol. The molecule has 3 nitrogen and oxygen atoms in total. The van der Waals surface area contributed by atoms with Crippen LogP contribution >= 0.6 is 27.9 Å². The standard InChI is InChI=1S/C21H28BrFN2OS/c1-15-5-6-16(11-20(15)23)12-21(2,3)24-13-18(26)14-25(4)27-19-9-7-17(22)8-10-19/h5-11,18,24,26H,12-14H2,1-4H3. The number of halogens is 2. The predicted molar refractivity (Wildman–Crippen MR) is 116 cm³/mol. The van der Waals surface area contributed by atoms with Gasteiger partial charge in [0.1, 0.15) is 5.82 Å². The minimum Gasteiger partial charge on any atom is -0.390 e. The summed E-state index contributed by atoms with van der Waals surface area (Å²) in [6.07, 6.45) is 0.201. The lowest BCUT2D eigenvalue weighted by atomic mass is 9.94. The summed E-state index contributed by atoms with van der Waals surface area (Å²) in [6.45, 7) is 6.92. The number of hydrogen-bond acceptors (Lipinski definition) is 4. The molecule has 2 aromatic carbocycles. The third-order valence-corrected chi connectivity index (χ3v) is 5.71. The fourth-order valence-corrected chi connectivity index (χ4v) is 3.92. The molecule has 0 aliphatic carbocycles. The fraction of sp³-hybridized carbons (Fsp3) is 0.429. The number of rotatable bonds is 9. The molecule has 0 aliphatic rings. The van der Waals surface area contributed by atoms with E-state index in [1.54, 1.807) is 24.9 Å². The lowest BCUT2D eigenvalue weighted by molar-refractivity contribution is 0.142. The minimum atomic E-state index is -0.494. The van der Waals surface area contributed by atoms with Crippen molar-refractivity contribution in [1.82, 2.24) is 9.62 Å². The van der Waals surface area contributed by atoms with Crippen LogP contribution in [0.4, 0.5) is 4.39 Å². The molecular formula is C21H28BrFN2OS. The Hall–Kier alpha value is -0.920. The van der Waals surface area contributed by atoms with Gasteiger partial charge in [0, 0.05) is 28.0 Å². The van der Waals surface area contributed by atoms with Gasteiger partial charge >= 0.3 is 0 Å². The van der Waals surface area contributed by atoms with E-state index >= 15 is 0 Å². The van der Waals surface area contributed by atoms with E-state index in [1.165, 1.54) is 0 Å². The number of nitrogens with zero attached hydrogens (tertiary/aromatic N) is 1. The molecule has 0 bridgehead atoms. The van der Waals surface area contributed by atoms with Gasteiger partial charge in [0.05, 0.1) is 6.10 Å². The lowest BCUT2D eigenvalue weighted by Gasteiger charge is -2.29. The van der Waals surface area contributed by atoms with Crippen LogP contribution in [-0.4, -0.2) is 41.2 Å². The molecule has 0 aromatic heterocycles. The molecule has 2 rings (SSSR count). The van der Waals surface area contributed by atoms with Crippen molar-refractivity contribution < 1.29 is 9.50 Å². The number of hydrogen-bond donors (Lipinski definition) is 2. The summed E-state index contributed by atoms with van der Waals surface area (Å²) in [5, 5.41) is 13.8. The number of nitrogens with one attached hydrogen (secondary N) is 1. The zero-order valence-corrected chi connectivity index (χ0v) is 18.7. The average Bonchev–Trinajstić information content (AvgIpc) is 2.58. The Bertz CT molecular complexity index is 739. The molecule has 1 atom stereocenters. The van der Waals surface area contributed by atoms with Crippen molar-refractivity contribution in [1.29, 1.82) is 0 Å². The van der Waals surface area contributed by atoms with Gasteiger partial charge in [0.15, 0.2) is 0 Å². The monoisotopic (exact) mass is 454 g/mol. The van der Waals surface area contributed by atoms with E-state index in [2.05, 4.69) is 35.1 Å². The highest BCUT2D eigenvalue weighted by atomic mass is 79.9. The molecule has 0 saturated heterocycles. The largest absolute Gasteiger partial charge is 0.390 e. The summed E-state index contributed by atoms with van der Waals surface area (Å²) in [5.74, 6) is -0.171. The number of β-amino-alcohol motifs (C(OH)–C–C–N with tert-alkyl or cyclic N) is 1. The zero-order valence-electron chi connectivity index (χ0n) is 16.3. The molecule has 0 heterocycles. The summed E-state index contributed by atoms with van der Waals surface area (Å²) in [4.78, 5) is 1.13. The Morgan fingerprint density at radius 3 is 2.52 bits per heavy atom. The van der Waals surface area contributed by atoms with Gasteiger partial charge in [-0.15, -0.1) is 0 Å². The normalized spacial score (nSPS) is 13.2. The second kappa shape index (κ2) is 10.0. The van der Waals surface area contributed by atoms with E-state index in [0.717, 1.165) is 14.9 Å². The van der Waals surface area contributed by atoms with Gasteiger partial charge in [-0.05, 0) is 87.6 Å². The van der Waals surface area contributed by atoms with Crippen molar-refractivity contribution >= 4 is 27.9 Å². The Morgan fingerprint density at radius 2 is 1.89 bits per heavy atom. The molecule has 2 aromatic rings. The molecule has 0 fully saturated rings. The number of aryl methyl sites for hydroxylation is 1. The molecule has 6 heteroatoms. The van der Waals surface area contributed by atoms with E-state index in [9.17, 15) is 9.50 Å². The number of aliphatic hydroxyl groups is 1. The first-order valence-electron chi connectivity index (χ1n) is 8.97. The minimum absolute atomic E-state index is 0.171. The van der Waals surface area contributed by atoms with Crippen molar-refractivity contribution in [2.24, 2.45) is 0 Å². The van der Waals surface area contributed by atoms with Crippen LogP contribution < -0.4 is 5.32 Å². The first-order valence-corrected chi connectivity index (χ1v) is 10.5. The van der Waals surface area contributed by atoms with Crippen molar-refractivity contribution in [3.8, 4) is 0 Å². The molecule has 0 spiro atoms. The summed E-state index contributed by atoms with van der Waals surface area (Å²) >= 11 is 5.03. The molecule has 0 aliphatic heterocycles. The van der Waals surface area contributed by atoms with Gasteiger partial charge in [-0.2, -0.15) is 0 Å². The molecular weight excluding hydrogens is 427 g/mol. The van der Waals surface area contributed by atoms with Gasteiger partial charge in [-0.1, -0.05) is 28.1 Å². The Kier molecular flexibility index (Phi) is 8.31. The molecule has 2 N–H and O–H groups in total. The second-order valence-corrected chi connectivity index (χ2v) is 9.73. The summed E-state index contributed by atoms with van der Waals surface area (Å²) in [5.41, 5.74) is 1.37. The summed E-state index contributed by atoms with van der Waals surface area (Å²) in [7, 11) is 1.97. The Balaban J connectivity index is 1.79. The maximum Gasteiger partial charge on any atom is 0.126 e. The number of benzene rings is 2. The van der Waals surface area contributed by atoms with Crippen LogP contribution in [0, 0.1) is 12.7 Å². The van der Waals surface area contributed by atoms with Crippen LogP contribution in [0.3, 0.4) is 0 Å². The molecule has 0 amide bonds. The molecule has 148 valence electrons. The quantitative estimate of drug-likeness (QED) is 0.533. The molecule has 1 unspecified atom stereocenters. The van der Waals surface area contributed by atoms with Crippen molar-refractivity contribution in [2.75, 3.05) is 20.1 Å². The highest BCUT2D eigenvalue weighted by Crippen LogP contribution is 2.23. The second-order valence-electron chi connectivity index (χ2n) is 7.53. The highest BCUT2D eigenvalue weighted by Gasteiger charge is 2.20. The van der Waals surface area contributed by atoms with E-state index in [1.807, 2.05) is 47.8 Å². The van der Waals surface area contributed by atoms with Crippen LogP contribution in [0.5, 0.6) is 0 Å². The van der Waals surface area contributed by atoms with Crippen LogP contribution in [0.15, 0.2) is 51.8 Å². The van der Waals surface area contributed by atoms with Crippen molar-refractivity contribution in [3.63, 3.8) is 0 Å². The topological polar surface area (TPSA) is 35.5 Å². The predicted octanol–water partition coefficient (Wildman–Crippen LogP) is 4.81. The molecule has 27 heavy (non-hydrogen) atoms. The first kappa shape index (κ1) is 22.4. The summed E-state index contributed by atoms with van der Waals surface area (Å²) in [6, 6.07) is 13.5. The van der Waals surface area contributed by atoms with Crippen LogP contribution in [0.25, 0.3) is 0 Å². The number of aliphatic hydroxyl groups excluding tert-OH is 1. The van der Waals surface area contributed by atoms with Crippen LogP contribution in [0.2, 0.25) is 0 Å². The van der Waals surface area contributed by atoms with Crippen molar-refractivity contribution in [3.05, 3.63) is 63.9 Å². The van der Waals surface area contributed by atoms with Gasteiger partial charge in [0.25, 0.3) is 0 Å². The third kappa shape index (κ3) is 7.92. The molecule has 0 saturated carbocycles. The van der Waals surface area contributed by atoms with Crippen LogP contribution in [-0.2, 0) is 6.42 Å². The summed E-state index contributed by atoms with van der Waals surface area (Å²) < 4.78 is 16.8. The van der Waals surface area contributed by atoms with E-state index < -0.39 is 6.10 Å². The molecule has 0 radical (unpaired) electrons. The van der Waals surface area contributed by atoms with Gasteiger partial charge in [-0.25, -0.2) is 8.70 Å². The fourth-order valence-electron chi connectivity index (χ4n) is 2.79. The maximum atomic E-state index is 13.7. The lowest BCUT2D eigenvalue weighted by Crippen LogP contribution is -2.46. The van der Waals surface area contributed by atoms with E-state index in [4.69, 9.17) is 0 Å². The highest BCUT2D eigenvalue weighted by molar-refractivity contribution is 9.10. The Labute approximate surface area is 174 Å². The maximum absolute atomic E-state index is 13.7. The number of likely N-dealkylation sites (N-methyl/N-ethyl adjacent to an activating group) is 1. The van der Waals surface area contributed by atoms with Crippen LogP contribution in [0.1, 0.15) is 25.0 Å². The van der Waals surface area contributed by atoms with Gasteiger partial charge in [-0.3, -0.25) is 0 Å². The smallest absolute Gasteiger partial charge is 0.126 e. The van der Waals surface area contributed by atoms with E-state index in [-0.39, 0.29) is 11.4 Å². The SMILES string of the molecule is Cc1ccc(CC(C)(C)NCC(O)CN(C)Sc2ccc(Br)cc2)cc1F. The zero-order chi connectivity index (χ0) is 20.0.